The molecule has 2 unspecified atom stereocenters. The molecular formula is C14H24N2O. The van der Waals surface area contributed by atoms with Crippen molar-refractivity contribution in [1.82, 2.24) is 10.3 Å². The third-order valence-electron chi connectivity index (χ3n) is 3.50. The van der Waals surface area contributed by atoms with Gasteiger partial charge < -0.3 is 10.1 Å². The molecule has 1 N–H and O–H groups in total. The summed E-state index contributed by atoms with van der Waals surface area (Å²) in [6, 6.07) is 6.33. The van der Waals surface area contributed by atoms with Gasteiger partial charge in [-0.2, -0.15) is 0 Å². The Labute approximate surface area is 105 Å². The van der Waals surface area contributed by atoms with Crippen LogP contribution in [-0.2, 0) is 11.2 Å². The van der Waals surface area contributed by atoms with Crippen molar-refractivity contribution >= 4 is 0 Å². The second-order valence-corrected chi connectivity index (χ2v) is 4.51. The highest BCUT2D eigenvalue weighted by atomic mass is 16.5. The fraction of sp³-hybridized carbons (Fsp3) is 0.643. The van der Waals surface area contributed by atoms with E-state index in [2.05, 4.69) is 37.1 Å². The van der Waals surface area contributed by atoms with E-state index in [4.69, 9.17) is 4.74 Å². The first-order valence-electron chi connectivity index (χ1n) is 6.34. The number of nitrogens with one attached hydrogen (secondary N) is 1. The van der Waals surface area contributed by atoms with Crippen LogP contribution in [-0.4, -0.2) is 30.3 Å². The molecule has 1 aromatic rings. The Balaban J connectivity index is 2.79. The zero-order valence-electron chi connectivity index (χ0n) is 11.4. The van der Waals surface area contributed by atoms with Crippen molar-refractivity contribution in [3.63, 3.8) is 0 Å². The van der Waals surface area contributed by atoms with E-state index in [0.717, 1.165) is 25.1 Å². The first kappa shape index (κ1) is 14.1. The van der Waals surface area contributed by atoms with Crippen LogP contribution in [0.5, 0.6) is 0 Å². The number of likely N-dealkylation sites (N-methyl/N-ethyl adjacent to an activating group) is 1. The minimum Gasteiger partial charge on any atom is -0.377 e. The number of ether oxygens (including phenoxy) is 1. The van der Waals surface area contributed by atoms with E-state index in [9.17, 15) is 0 Å². The minimum absolute atomic E-state index is 0.145. The van der Waals surface area contributed by atoms with Crippen molar-refractivity contribution in [2.75, 3.05) is 13.7 Å². The van der Waals surface area contributed by atoms with Gasteiger partial charge in [-0.15, -0.1) is 0 Å². The largest absolute Gasteiger partial charge is 0.377 e. The van der Waals surface area contributed by atoms with Crippen LogP contribution < -0.4 is 5.32 Å². The fourth-order valence-electron chi connectivity index (χ4n) is 2.01. The van der Waals surface area contributed by atoms with Crippen LogP contribution in [0.3, 0.4) is 0 Å². The molecule has 0 aliphatic heterocycles. The normalized spacial score (nSPS) is 16.5. The molecule has 0 radical (unpaired) electrons. The number of methoxy groups -OCH3 is 1. The van der Waals surface area contributed by atoms with Crippen LogP contribution in [0, 0.1) is 0 Å². The van der Waals surface area contributed by atoms with Crippen molar-refractivity contribution in [1.29, 1.82) is 0 Å². The zero-order chi connectivity index (χ0) is 12.7. The Hall–Kier alpha value is -0.930. The van der Waals surface area contributed by atoms with Crippen LogP contribution in [0.2, 0.25) is 0 Å². The Morgan fingerprint density at radius 1 is 1.41 bits per heavy atom. The highest BCUT2D eigenvalue weighted by Crippen LogP contribution is 2.21. The van der Waals surface area contributed by atoms with Gasteiger partial charge in [0.1, 0.15) is 0 Å². The van der Waals surface area contributed by atoms with Crippen LogP contribution in [0.1, 0.15) is 32.9 Å². The molecule has 3 nitrogen and oxygen atoms in total. The summed E-state index contributed by atoms with van der Waals surface area (Å²) in [4.78, 5) is 4.39. The van der Waals surface area contributed by atoms with Crippen molar-refractivity contribution in [2.24, 2.45) is 0 Å². The predicted octanol–water partition coefficient (Wildman–Crippen LogP) is 2.42. The van der Waals surface area contributed by atoms with Gasteiger partial charge in [-0.25, -0.2) is 0 Å². The van der Waals surface area contributed by atoms with Crippen LogP contribution in [0.15, 0.2) is 24.4 Å². The molecule has 0 aliphatic carbocycles. The molecule has 0 saturated carbocycles. The van der Waals surface area contributed by atoms with E-state index in [1.807, 2.05) is 18.3 Å². The van der Waals surface area contributed by atoms with E-state index < -0.39 is 0 Å². The van der Waals surface area contributed by atoms with Crippen molar-refractivity contribution in [2.45, 2.75) is 45.3 Å². The molecule has 17 heavy (non-hydrogen) atoms. The van der Waals surface area contributed by atoms with E-state index in [-0.39, 0.29) is 11.6 Å². The molecule has 0 spiro atoms. The quantitative estimate of drug-likeness (QED) is 0.789. The van der Waals surface area contributed by atoms with E-state index in [0.29, 0.717) is 0 Å². The number of hydrogen-bond acceptors (Lipinski definition) is 3. The summed E-state index contributed by atoms with van der Waals surface area (Å²) in [6.45, 7) is 7.38. The molecule has 1 rings (SSSR count). The maximum atomic E-state index is 5.68. The average Bonchev–Trinajstić information content (AvgIpc) is 2.38. The second-order valence-electron chi connectivity index (χ2n) is 4.51. The average molecular weight is 236 g/mol. The molecule has 2 atom stereocenters. The standard InChI is InChI=1S/C14H24N2O/c1-5-14(3,17-4)13(15-6-2)11-12-9-7-8-10-16-12/h7-10,13,15H,5-6,11H2,1-4H3. The predicted molar refractivity (Wildman–Crippen MR) is 71.1 cm³/mol. The first-order valence-corrected chi connectivity index (χ1v) is 6.34. The van der Waals surface area contributed by atoms with Crippen molar-refractivity contribution in [3.8, 4) is 0 Å². The second kappa shape index (κ2) is 6.72. The molecule has 0 fully saturated rings. The number of hydrogen-bond donors (Lipinski definition) is 1. The Morgan fingerprint density at radius 3 is 2.65 bits per heavy atom. The summed E-state index contributed by atoms with van der Waals surface area (Å²) < 4.78 is 5.68. The maximum Gasteiger partial charge on any atom is 0.0804 e. The van der Waals surface area contributed by atoms with Gasteiger partial charge in [-0.05, 0) is 32.0 Å². The summed E-state index contributed by atoms with van der Waals surface area (Å²) >= 11 is 0. The molecule has 96 valence electrons. The lowest BCUT2D eigenvalue weighted by molar-refractivity contribution is -0.0286. The number of nitrogens with zero attached hydrogens (tertiary/aromatic N) is 1. The molecular weight excluding hydrogens is 212 g/mol. The molecule has 0 aromatic carbocycles. The molecule has 0 bridgehead atoms. The van der Waals surface area contributed by atoms with Crippen molar-refractivity contribution < 1.29 is 4.74 Å². The van der Waals surface area contributed by atoms with Gasteiger partial charge in [0.25, 0.3) is 0 Å². The van der Waals surface area contributed by atoms with E-state index in [1.165, 1.54) is 0 Å². The van der Waals surface area contributed by atoms with Crippen molar-refractivity contribution in [3.05, 3.63) is 30.1 Å². The van der Waals surface area contributed by atoms with Gasteiger partial charge in [-0.3, -0.25) is 4.98 Å². The third kappa shape index (κ3) is 3.79. The Morgan fingerprint density at radius 2 is 2.18 bits per heavy atom. The summed E-state index contributed by atoms with van der Waals surface area (Å²) in [5, 5.41) is 3.51. The smallest absolute Gasteiger partial charge is 0.0804 e. The lowest BCUT2D eigenvalue weighted by Gasteiger charge is -2.36. The topological polar surface area (TPSA) is 34.2 Å². The van der Waals surface area contributed by atoms with E-state index in [1.54, 1.807) is 7.11 Å². The first-order chi connectivity index (χ1) is 8.16. The van der Waals surface area contributed by atoms with Crippen LogP contribution >= 0.6 is 0 Å². The Bertz CT molecular complexity index is 309. The molecule has 0 saturated heterocycles. The summed E-state index contributed by atoms with van der Waals surface area (Å²) in [5.41, 5.74) is 0.961. The number of aromatic nitrogens is 1. The summed E-state index contributed by atoms with van der Waals surface area (Å²) in [6.07, 6.45) is 3.72. The molecule has 0 aliphatic rings. The number of rotatable bonds is 7. The highest BCUT2D eigenvalue weighted by molar-refractivity contribution is 5.07. The van der Waals surface area contributed by atoms with Crippen LogP contribution in [0.25, 0.3) is 0 Å². The lowest BCUT2D eigenvalue weighted by atomic mass is 9.89. The van der Waals surface area contributed by atoms with Crippen LogP contribution in [0.4, 0.5) is 0 Å². The molecule has 1 heterocycles. The zero-order valence-corrected chi connectivity index (χ0v) is 11.4. The summed E-state index contributed by atoms with van der Waals surface area (Å²) in [7, 11) is 1.78. The van der Waals surface area contributed by atoms with E-state index >= 15 is 0 Å². The monoisotopic (exact) mass is 236 g/mol. The lowest BCUT2D eigenvalue weighted by Crippen LogP contribution is -2.51. The number of pyridine rings is 1. The molecule has 1 aromatic heterocycles. The maximum absolute atomic E-state index is 5.68. The SMILES string of the molecule is CCNC(Cc1ccccn1)C(C)(CC)OC. The van der Waals surface area contributed by atoms with Gasteiger partial charge in [0.05, 0.1) is 5.60 Å². The summed E-state index contributed by atoms with van der Waals surface area (Å²) in [5.74, 6) is 0. The molecule has 0 amide bonds. The third-order valence-corrected chi connectivity index (χ3v) is 3.50. The van der Waals surface area contributed by atoms with Gasteiger partial charge in [0, 0.05) is 31.5 Å². The minimum atomic E-state index is -0.145. The van der Waals surface area contributed by atoms with Gasteiger partial charge >= 0.3 is 0 Å². The Kier molecular flexibility index (Phi) is 5.59. The molecule has 3 heteroatoms. The fourth-order valence-corrected chi connectivity index (χ4v) is 2.01. The van der Waals surface area contributed by atoms with Gasteiger partial charge in [0.2, 0.25) is 0 Å². The van der Waals surface area contributed by atoms with Gasteiger partial charge in [-0.1, -0.05) is 19.9 Å². The van der Waals surface area contributed by atoms with Gasteiger partial charge in [0.15, 0.2) is 0 Å². The highest BCUT2D eigenvalue weighted by Gasteiger charge is 2.32.